The number of para-hydroxylation sites is 2. The van der Waals surface area contributed by atoms with Crippen molar-refractivity contribution in [3.05, 3.63) is 65.7 Å². The summed E-state index contributed by atoms with van der Waals surface area (Å²) in [5, 5.41) is 13.8. The molecule has 4 aromatic rings. The molecule has 2 heterocycles. The second kappa shape index (κ2) is 6.76. The van der Waals surface area contributed by atoms with E-state index in [9.17, 15) is 18.0 Å². The van der Waals surface area contributed by atoms with Crippen molar-refractivity contribution in [1.29, 1.82) is 0 Å². The molecule has 0 atom stereocenters. The van der Waals surface area contributed by atoms with Crippen molar-refractivity contribution >= 4 is 16.9 Å². The van der Waals surface area contributed by atoms with Crippen molar-refractivity contribution in [2.45, 2.75) is 12.7 Å². The largest absolute Gasteiger partial charge is 0.416 e. The summed E-state index contributed by atoms with van der Waals surface area (Å²) in [5.41, 5.74) is 1.08. The molecule has 0 saturated heterocycles. The summed E-state index contributed by atoms with van der Waals surface area (Å²) in [4.78, 5) is 20.6. The molecule has 11 heteroatoms. The zero-order valence-electron chi connectivity index (χ0n) is 14.1. The number of fused-ring (bicyclic) bond motifs is 1. The number of hydrogen-bond donors (Lipinski definition) is 2. The van der Waals surface area contributed by atoms with E-state index in [-0.39, 0.29) is 18.1 Å². The van der Waals surface area contributed by atoms with Gasteiger partial charge in [-0.3, -0.25) is 4.79 Å². The first-order valence-corrected chi connectivity index (χ1v) is 8.09. The SMILES string of the molecule is O=C(NCc1nc2ccccc2[nH]1)c1nnn(-c2ccc(C(F)(F)F)cc2)n1. The number of H-pyrrole nitrogens is 1. The first-order valence-electron chi connectivity index (χ1n) is 8.09. The molecule has 8 nitrogen and oxygen atoms in total. The van der Waals surface area contributed by atoms with Gasteiger partial charge in [-0.05, 0) is 41.6 Å². The zero-order chi connectivity index (χ0) is 19.7. The molecule has 2 N–H and O–H groups in total. The number of halogens is 3. The Morgan fingerprint density at radius 2 is 1.86 bits per heavy atom. The highest BCUT2D eigenvalue weighted by atomic mass is 19.4. The Morgan fingerprint density at radius 3 is 2.57 bits per heavy atom. The van der Waals surface area contributed by atoms with Gasteiger partial charge in [0.25, 0.3) is 11.7 Å². The number of nitrogens with one attached hydrogen (secondary N) is 2. The second-order valence-corrected chi connectivity index (χ2v) is 5.83. The highest BCUT2D eigenvalue weighted by Gasteiger charge is 2.30. The number of amides is 1. The van der Waals surface area contributed by atoms with Crippen molar-refractivity contribution in [3.63, 3.8) is 0 Å². The Hall–Kier alpha value is -3.76. The van der Waals surface area contributed by atoms with E-state index in [0.717, 1.165) is 28.0 Å². The summed E-state index contributed by atoms with van der Waals surface area (Å²) >= 11 is 0. The molecule has 0 bridgehead atoms. The summed E-state index contributed by atoms with van der Waals surface area (Å²) < 4.78 is 37.8. The fraction of sp³-hybridized carbons (Fsp3) is 0.118. The van der Waals surface area contributed by atoms with Gasteiger partial charge < -0.3 is 10.3 Å². The summed E-state index contributed by atoms with van der Waals surface area (Å²) in [6, 6.07) is 11.6. The second-order valence-electron chi connectivity index (χ2n) is 5.83. The number of alkyl halides is 3. The number of carbonyl (C=O) groups is 1. The van der Waals surface area contributed by atoms with E-state index in [2.05, 4.69) is 30.7 Å². The minimum absolute atomic E-state index is 0.127. The van der Waals surface area contributed by atoms with Crippen LogP contribution in [0.5, 0.6) is 0 Å². The van der Waals surface area contributed by atoms with E-state index >= 15 is 0 Å². The molecular weight excluding hydrogens is 375 g/mol. The van der Waals surface area contributed by atoms with Crippen molar-refractivity contribution < 1.29 is 18.0 Å². The van der Waals surface area contributed by atoms with Gasteiger partial charge in [0.05, 0.1) is 28.8 Å². The molecule has 0 aliphatic heterocycles. The number of nitrogens with zero attached hydrogens (tertiary/aromatic N) is 5. The predicted molar refractivity (Wildman–Crippen MR) is 91.4 cm³/mol. The van der Waals surface area contributed by atoms with Crippen LogP contribution in [0.3, 0.4) is 0 Å². The highest BCUT2D eigenvalue weighted by Crippen LogP contribution is 2.29. The normalized spacial score (nSPS) is 11.7. The van der Waals surface area contributed by atoms with Gasteiger partial charge in [0, 0.05) is 0 Å². The van der Waals surface area contributed by atoms with Gasteiger partial charge in [-0.2, -0.15) is 13.2 Å². The lowest BCUT2D eigenvalue weighted by Crippen LogP contribution is -2.24. The molecule has 4 rings (SSSR count). The molecule has 2 aromatic heterocycles. The molecule has 0 unspecified atom stereocenters. The van der Waals surface area contributed by atoms with Crippen molar-refractivity contribution in [2.75, 3.05) is 0 Å². The molecule has 1 amide bonds. The maximum absolute atomic E-state index is 12.6. The van der Waals surface area contributed by atoms with Gasteiger partial charge in [0.2, 0.25) is 0 Å². The van der Waals surface area contributed by atoms with Gasteiger partial charge in [-0.15, -0.1) is 15.0 Å². The van der Waals surface area contributed by atoms with Crippen molar-refractivity contribution in [3.8, 4) is 5.69 Å². The molecule has 142 valence electrons. The number of rotatable bonds is 4. The number of aromatic amines is 1. The Kier molecular flexibility index (Phi) is 4.26. The maximum Gasteiger partial charge on any atom is 0.416 e. The van der Waals surface area contributed by atoms with Crippen LogP contribution in [0.15, 0.2) is 48.5 Å². The van der Waals surface area contributed by atoms with Gasteiger partial charge in [0.15, 0.2) is 0 Å². The summed E-state index contributed by atoms with van der Waals surface area (Å²) in [5.74, 6) is -0.237. The Balaban J connectivity index is 1.44. The monoisotopic (exact) mass is 387 g/mol. The van der Waals surface area contributed by atoms with Crippen LogP contribution in [0.1, 0.15) is 22.0 Å². The minimum atomic E-state index is -4.43. The average molecular weight is 387 g/mol. The lowest BCUT2D eigenvalue weighted by atomic mass is 10.2. The van der Waals surface area contributed by atoms with Crippen LogP contribution in [0.4, 0.5) is 13.2 Å². The van der Waals surface area contributed by atoms with Crippen molar-refractivity contribution in [2.24, 2.45) is 0 Å². The maximum atomic E-state index is 12.6. The third-order valence-corrected chi connectivity index (χ3v) is 3.90. The minimum Gasteiger partial charge on any atom is -0.342 e. The van der Waals surface area contributed by atoms with E-state index in [4.69, 9.17) is 0 Å². The summed E-state index contributed by atoms with van der Waals surface area (Å²) in [7, 11) is 0. The van der Waals surface area contributed by atoms with E-state index in [0.29, 0.717) is 5.82 Å². The van der Waals surface area contributed by atoms with Crippen LogP contribution in [0.2, 0.25) is 0 Å². The Bertz CT molecular complexity index is 1100. The standard InChI is InChI=1S/C17H12F3N7O/c18-17(19,20)10-5-7-11(8-6-10)27-25-15(24-26-27)16(28)21-9-14-22-12-3-1-2-4-13(12)23-14/h1-8H,9H2,(H,21,28)(H,22,23). The molecule has 2 aromatic carbocycles. The number of carbonyl (C=O) groups excluding carboxylic acids is 1. The quantitative estimate of drug-likeness (QED) is 0.560. The molecule has 0 fully saturated rings. The third kappa shape index (κ3) is 3.54. The molecule has 0 saturated carbocycles. The molecule has 28 heavy (non-hydrogen) atoms. The third-order valence-electron chi connectivity index (χ3n) is 3.90. The summed E-state index contributed by atoms with van der Waals surface area (Å²) in [6.07, 6.45) is -4.43. The van der Waals surface area contributed by atoms with Crippen LogP contribution < -0.4 is 5.32 Å². The number of hydrogen-bond acceptors (Lipinski definition) is 5. The lowest BCUT2D eigenvalue weighted by molar-refractivity contribution is -0.137. The fourth-order valence-electron chi connectivity index (χ4n) is 2.53. The highest BCUT2D eigenvalue weighted by molar-refractivity contribution is 5.90. The topological polar surface area (TPSA) is 101 Å². The van der Waals surface area contributed by atoms with Crippen LogP contribution >= 0.6 is 0 Å². The van der Waals surface area contributed by atoms with Crippen molar-refractivity contribution in [1.82, 2.24) is 35.5 Å². The Labute approximate surface area is 155 Å². The molecule has 0 aliphatic rings. The van der Waals surface area contributed by atoms with Crippen LogP contribution in [-0.4, -0.2) is 36.1 Å². The van der Waals surface area contributed by atoms with E-state index in [1.54, 1.807) is 0 Å². The Morgan fingerprint density at radius 1 is 1.11 bits per heavy atom. The smallest absolute Gasteiger partial charge is 0.342 e. The van der Waals surface area contributed by atoms with Gasteiger partial charge in [0.1, 0.15) is 5.82 Å². The van der Waals surface area contributed by atoms with E-state index < -0.39 is 17.6 Å². The van der Waals surface area contributed by atoms with E-state index in [1.165, 1.54) is 12.1 Å². The van der Waals surface area contributed by atoms with Crippen LogP contribution in [0.25, 0.3) is 16.7 Å². The molecule has 0 aliphatic carbocycles. The number of imidazole rings is 1. The summed E-state index contributed by atoms with van der Waals surface area (Å²) in [6.45, 7) is 0.127. The fourth-order valence-corrected chi connectivity index (χ4v) is 2.53. The lowest BCUT2D eigenvalue weighted by Gasteiger charge is -2.06. The first kappa shape index (κ1) is 17.6. The molecule has 0 radical (unpaired) electrons. The predicted octanol–water partition coefficient (Wildman–Crippen LogP) is 2.49. The number of aromatic nitrogens is 6. The number of benzene rings is 2. The van der Waals surface area contributed by atoms with Gasteiger partial charge >= 0.3 is 6.18 Å². The van der Waals surface area contributed by atoms with E-state index in [1.807, 2.05) is 24.3 Å². The number of tetrazole rings is 1. The first-order chi connectivity index (χ1) is 13.4. The van der Waals surface area contributed by atoms with Crippen LogP contribution in [0, 0.1) is 0 Å². The molecular formula is C17H12F3N7O. The van der Waals surface area contributed by atoms with Gasteiger partial charge in [-0.1, -0.05) is 12.1 Å². The van der Waals surface area contributed by atoms with Gasteiger partial charge in [-0.25, -0.2) is 4.98 Å². The molecule has 0 spiro atoms. The average Bonchev–Trinajstić information content (AvgIpc) is 3.32. The zero-order valence-corrected chi connectivity index (χ0v) is 14.1. The van der Waals surface area contributed by atoms with Crippen LogP contribution in [-0.2, 0) is 12.7 Å².